The van der Waals surface area contributed by atoms with E-state index in [0.717, 1.165) is 18.5 Å². The summed E-state index contributed by atoms with van der Waals surface area (Å²) in [5.41, 5.74) is 0.675. The minimum absolute atomic E-state index is 0.0764. The summed E-state index contributed by atoms with van der Waals surface area (Å²) in [7, 11) is 0. The van der Waals surface area contributed by atoms with Crippen molar-refractivity contribution in [2.45, 2.75) is 18.8 Å². The summed E-state index contributed by atoms with van der Waals surface area (Å²) in [5.74, 6) is 0.468. The van der Waals surface area contributed by atoms with Gasteiger partial charge in [0.15, 0.2) is 16.8 Å². The summed E-state index contributed by atoms with van der Waals surface area (Å²) in [6, 6.07) is 1.84. The van der Waals surface area contributed by atoms with Crippen LogP contribution >= 0.6 is 0 Å². The van der Waals surface area contributed by atoms with Crippen LogP contribution in [0.5, 0.6) is 0 Å². The Hall–Kier alpha value is -2.51. The summed E-state index contributed by atoms with van der Waals surface area (Å²) < 4.78 is 1.46. The number of rotatable bonds is 1. The van der Waals surface area contributed by atoms with E-state index in [1.54, 1.807) is 0 Å². The fraction of sp³-hybridized carbons (Fsp3) is 0.300. The zero-order valence-corrected chi connectivity index (χ0v) is 9.17. The molecule has 3 aromatic heterocycles. The quantitative estimate of drug-likeness (QED) is 0.601. The van der Waals surface area contributed by atoms with Gasteiger partial charge in [-0.2, -0.15) is 9.61 Å². The van der Waals surface area contributed by atoms with Crippen molar-refractivity contribution in [2.24, 2.45) is 0 Å². The van der Waals surface area contributed by atoms with E-state index >= 15 is 0 Å². The van der Waals surface area contributed by atoms with Gasteiger partial charge in [-0.15, -0.1) is 10.2 Å². The van der Waals surface area contributed by atoms with Gasteiger partial charge in [0.25, 0.3) is 5.56 Å². The lowest BCUT2D eigenvalue weighted by molar-refractivity contribution is 0.867. The molecule has 8 heteroatoms. The van der Waals surface area contributed by atoms with Crippen LogP contribution in [0.4, 0.5) is 0 Å². The molecule has 2 N–H and O–H groups in total. The lowest BCUT2D eigenvalue weighted by atomic mass is 10.3. The number of aromatic nitrogens is 6. The average molecular weight is 244 g/mol. The SMILES string of the molecule is O=c1[nH]c(=O)c2nnc3cc(C4CC4)nn3c2[nH]1. The predicted molar refractivity (Wildman–Crippen MR) is 61.5 cm³/mol. The van der Waals surface area contributed by atoms with Gasteiger partial charge in [0.2, 0.25) is 0 Å². The van der Waals surface area contributed by atoms with Crippen LogP contribution in [0, 0.1) is 0 Å². The van der Waals surface area contributed by atoms with Crippen LogP contribution in [0.1, 0.15) is 24.5 Å². The highest BCUT2D eigenvalue weighted by Gasteiger charge is 2.27. The Kier molecular flexibility index (Phi) is 1.60. The molecule has 3 aromatic rings. The van der Waals surface area contributed by atoms with Gasteiger partial charge in [-0.25, -0.2) is 4.79 Å². The van der Waals surface area contributed by atoms with Crippen LogP contribution in [-0.2, 0) is 0 Å². The number of nitrogens with zero attached hydrogens (tertiary/aromatic N) is 4. The topological polar surface area (TPSA) is 109 Å². The van der Waals surface area contributed by atoms with Gasteiger partial charge < -0.3 is 0 Å². The van der Waals surface area contributed by atoms with Crippen molar-refractivity contribution < 1.29 is 0 Å². The lowest BCUT2D eigenvalue weighted by Gasteiger charge is -1.97. The third-order valence-electron chi connectivity index (χ3n) is 3.07. The number of hydrogen-bond acceptors (Lipinski definition) is 5. The normalized spacial score (nSPS) is 15.6. The van der Waals surface area contributed by atoms with Crippen molar-refractivity contribution in [3.63, 3.8) is 0 Å². The molecule has 0 bridgehead atoms. The molecule has 1 aliphatic rings. The molecule has 0 amide bonds. The maximum absolute atomic E-state index is 11.6. The van der Waals surface area contributed by atoms with Gasteiger partial charge in [-0.1, -0.05) is 0 Å². The molecular formula is C10H8N6O2. The largest absolute Gasteiger partial charge is 0.327 e. The van der Waals surface area contributed by atoms with Crippen molar-refractivity contribution in [1.82, 2.24) is 29.8 Å². The zero-order chi connectivity index (χ0) is 12.3. The van der Waals surface area contributed by atoms with Crippen LogP contribution in [-0.4, -0.2) is 29.8 Å². The first-order chi connectivity index (χ1) is 8.72. The molecule has 3 heterocycles. The van der Waals surface area contributed by atoms with E-state index in [1.807, 2.05) is 6.07 Å². The molecule has 0 spiro atoms. The molecule has 1 aliphatic carbocycles. The Morgan fingerprint density at radius 3 is 2.83 bits per heavy atom. The number of hydrogen-bond donors (Lipinski definition) is 2. The van der Waals surface area contributed by atoms with Gasteiger partial charge in [0.05, 0.1) is 5.69 Å². The highest BCUT2D eigenvalue weighted by Crippen LogP contribution is 2.39. The second kappa shape index (κ2) is 3.03. The summed E-state index contributed by atoms with van der Waals surface area (Å²) in [6.45, 7) is 0. The molecule has 1 saturated carbocycles. The first-order valence-electron chi connectivity index (χ1n) is 5.61. The van der Waals surface area contributed by atoms with Gasteiger partial charge in [-0.3, -0.25) is 14.8 Å². The Morgan fingerprint density at radius 2 is 2.06 bits per heavy atom. The molecule has 0 aliphatic heterocycles. The molecule has 0 atom stereocenters. The highest BCUT2D eigenvalue weighted by atomic mass is 16.2. The molecule has 8 nitrogen and oxygen atoms in total. The summed E-state index contributed by atoms with van der Waals surface area (Å²) in [6.07, 6.45) is 2.23. The van der Waals surface area contributed by atoms with Crippen molar-refractivity contribution >= 4 is 16.8 Å². The molecule has 0 saturated heterocycles. The molecular weight excluding hydrogens is 236 g/mol. The van der Waals surface area contributed by atoms with Gasteiger partial charge in [0, 0.05) is 12.0 Å². The molecule has 90 valence electrons. The van der Waals surface area contributed by atoms with Crippen LogP contribution < -0.4 is 11.2 Å². The van der Waals surface area contributed by atoms with Crippen LogP contribution in [0.2, 0.25) is 0 Å². The van der Waals surface area contributed by atoms with Crippen LogP contribution in [0.25, 0.3) is 16.8 Å². The number of fused-ring (bicyclic) bond motifs is 3. The molecule has 1 fully saturated rings. The fourth-order valence-corrected chi connectivity index (χ4v) is 2.02. The third kappa shape index (κ3) is 1.22. The maximum atomic E-state index is 11.6. The van der Waals surface area contributed by atoms with E-state index in [1.165, 1.54) is 4.52 Å². The number of nitrogens with one attached hydrogen (secondary N) is 2. The van der Waals surface area contributed by atoms with Crippen molar-refractivity contribution in [3.05, 3.63) is 32.6 Å². The minimum atomic E-state index is -0.578. The Bertz CT molecular complexity index is 885. The zero-order valence-electron chi connectivity index (χ0n) is 9.17. The van der Waals surface area contributed by atoms with Crippen molar-refractivity contribution in [3.8, 4) is 0 Å². The monoisotopic (exact) mass is 244 g/mol. The number of aromatic amines is 2. The minimum Gasteiger partial charge on any atom is -0.290 e. The highest BCUT2D eigenvalue weighted by molar-refractivity contribution is 5.70. The van der Waals surface area contributed by atoms with Crippen molar-refractivity contribution in [2.75, 3.05) is 0 Å². The first-order valence-corrected chi connectivity index (χ1v) is 5.61. The number of H-pyrrole nitrogens is 2. The van der Waals surface area contributed by atoms with E-state index in [0.29, 0.717) is 11.6 Å². The van der Waals surface area contributed by atoms with E-state index in [2.05, 4.69) is 25.3 Å². The average Bonchev–Trinajstić information content (AvgIpc) is 3.08. The molecule has 18 heavy (non-hydrogen) atoms. The Labute approximate surface area is 98.7 Å². The predicted octanol–water partition coefficient (Wildman–Crippen LogP) is -0.469. The first kappa shape index (κ1) is 9.51. The molecule has 0 unspecified atom stereocenters. The van der Waals surface area contributed by atoms with E-state index in [4.69, 9.17) is 0 Å². The summed E-state index contributed by atoms with van der Waals surface area (Å²) >= 11 is 0. The lowest BCUT2D eigenvalue weighted by Crippen LogP contribution is -2.24. The van der Waals surface area contributed by atoms with Gasteiger partial charge in [-0.05, 0) is 12.8 Å². The fourth-order valence-electron chi connectivity index (χ4n) is 2.02. The van der Waals surface area contributed by atoms with E-state index in [9.17, 15) is 9.59 Å². The summed E-state index contributed by atoms with van der Waals surface area (Å²) in [5, 5.41) is 12.1. The van der Waals surface area contributed by atoms with E-state index in [-0.39, 0.29) is 11.2 Å². The maximum Gasteiger partial charge on any atom is 0.327 e. The van der Waals surface area contributed by atoms with Crippen LogP contribution in [0.15, 0.2) is 15.7 Å². The van der Waals surface area contributed by atoms with E-state index < -0.39 is 11.2 Å². The second-order valence-corrected chi connectivity index (χ2v) is 4.42. The van der Waals surface area contributed by atoms with Crippen LogP contribution in [0.3, 0.4) is 0 Å². The van der Waals surface area contributed by atoms with Crippen molar-refractivity contribution in [1.29, 1.82) is 0 Å². The third-order valence-corrected chi connectivity index (χ3v) is 3.07. The molecule has 0 radical (unpaired) electrons. The molecule has 4 rings (SSSR count). The molecule has 0 aromatic carbocycles. The smallest absolute Gasteiger partial charge is 0.290 e. The van der Waals surface area contributed by atoms with Gasteiger partial charge >= 0.3 is 5.69 Å². The standard InChI is InChI=1S/C10H8N6O2/c17-9-7-8(11-10(18)12-9)16-6(13-14-7)3-5(15-16)4-1-2-4/h3-4H,1-2H2,(H2,11,12,17,18). The summed E-state index contributed by atoms with van der Waals surface area (Å²) in [4.78, 5) is 27.5. The second-order valence-electron chi connectivity index (χ2n) is 4.42. The Morgan fingerprint density at radius 1 is 1.22 bits per heavy atom. The Balaban J connectivity index is 2.18. The van der Waals surface area contributed by atoms with Gasteiger partial charge in [0.1, 0.15) is 0 Å².